The second-order valence-corrected chi connectivity index (χ2v) is 11.0. The number of ether oxygens (including phenoxy) is 2. The third-order valence-electron chi connectivity index (χ3n) is 6.91. The van der Waals surface area contributed by atoms with Crippen LogP contribution in [0, 0.1) is 11.6 Å². The number of fused-ring (bicyclic) bond motifs is 1. The quantitative estimate of drug-likeness (QED) is 0.170. The molecule has 3 aromatic heterocycles. The molecule has 0 saturated heterocycles. The molecule has 2 N–H and O–H groups in total. The Morgan fingerprint density at radius 2 is 1.78 bits per heavy atom. The highest BCUT2D eigenvalue weighted by Crippen LogP contribution is 2.32. The number of para-hydroxylation sites is 1. The lowest BCUT2D eigenvalue weighted by Crippen LogP contribution is -2.46. The molecule has 0 atom stereocenters. The zero-order chi connectivity index (χ0) is 32.1. The van der Waals surface area contributed by atoms with E-state index in [9.17, 15) is 18.7 Å². The molecule has 0 saturated carbocycles. The van der Waals surface area contributed by atoms with Gasteiger partial charge in [-0.15, -0.1) is 0 Å². The second-order valence-electron chi connectivity index (χ2n) is 11.0. The van der Waals surface area contributed by atoms with Gasteiger partial charge in [-0.2, -0.15) is 5.10 Å². The van der Waals surface area contributed by atoms with Crippen molar-refractivity contribution in [1.82, 2.24) is 29.6 Å². The maximum absolute atomic E-state index is 15.0. The number of hydrogen-bond donors (Lipinski definition) is 2. The van der Waals surface area contributed by atoms with E-state index < -0.39 is 23.3 Å². The second kappa shape index (κ2) is 13.1. The molecule has 0 aliphatic rings. The smallest absolute Gasteiger partial charge is 0.407 e. The van der Waals surface area contributed by atoms with Crippen molar-refractivity contribution in [2.75, 3.05) is 25.1 Å². The molecule has 0 unspecified atom stereocenters. The molecule has 0 radical (unpaired) electrons. The molecule has 45 heavy (non-hydrogen) atoms. The van der Waals surface area contributed by atoms with E-state index in [0.29, 0.717) is 28.1 Å². The Labute approximate surface area is 258 Å². The van der Waals surface area contributed by atoms with E-state index in [1.807, 2.05) is 12.1 Å². The standard InChI is InChI=1S/C32H33F2N7O4/c1-5-44-21-16-24(33)23(25(34)17-21)19-41-26-9-7-6-8-22(26)28(39-41)30-36-18-27(29(38-30)37-20-10-12-35-13-11-20)45-15-14-40(31(42)43)32(2,3)4/h6-13,16-18H,5,14-15,19H2,1-4H3,(H,42,43)(H,35,36,37,38). The van der Waals surface area contributed by atoms with Crippen LogP contribution in [0.1, 0.15) is 33.3 Å². The summed E-state index contributed by atoms with van der Waals surface area (Å²) < 4.78 is 42.7. The molecule has 3 heterocycles. The van der Waals surface area contributed by atoms with Crippen LogP contribution in [0.3, 0.4) is 0 Å². The van der Waals surface area contributed by atoms with Crippen LogP contribution in [0.4, 0.5) is 25.1 Å². The topological polar surface area (TPSA) is 128 Å². The number of anilines is 2. The van der Waals surface area contributed by atoms with Crippen molar-refractivity contribution in [3.63, 3.8) is 0 Å². The van der Waals surface area contributed by atoms with Crippen LogP contribution in [0.15, 0.2) is 67.1 Å². The van der Waals surface area contributed by atoms with Crippen molar-refractivity contribution in [1.29, 1.82) is 0 Å². The van der Waals surface area contributed by atoms with Gasteiger partial charge in [0, 0.05) is 46.7 Å². The fourth-order valence-electron chi connectivity index (χ4n) is 4.76. The van der Waals surface area contributed by atoms with E-state index in [-0.39, 0.29) is 49.2 Å². The monoisotopic (exact) mass is 617 g/mol. The van der Waals surface area contributed by atoms with E-state index in [1.165, 1.54) is 15.8 Å². The van der Waals surface area contributed by atoms with Crippen LogP contribution in [0.5, 0.6) is 11.5 Å². The molecule has 0 aliphatic heterocycles. The highest BCUT2D eigenvalue weighted by atomic mass is 19.1. The number of hydrogen-bond acceptors (Lipinski definition) is 8. The fourth-order valence-corrected chi connectivity index (χ4v) is 4.76. The molecule has 11 nitrogen and oxygen atoms in total. The van der Waals surface area contributed by atoms with Crippen LogP contribution in [0.2, 0.25) is 0 Å². The number of nitrogens with one attached hydrogen (secondary N) is 1. The Morgan fingerprint density at radius 3 is 2.44 bits per heavy atom. The Hall–Kier alpha value is -5.33. The number of carbonyl (C=O) groups is 1. The summed E-state index contributed by atoms with van der Waals surface area (Å²) in [5.74, 6) is -0.532. The van der Waals surface area contributed by atoms with E-state index in [4.69, 9.17) is 14.5 Å². The summed E-state index contributed by atoms with van der Waals surface area (Å²) in [6, 6.07) is 13.1. The minimum Gasteiger partial charge on any atom is -0.494 e. The first-order chi connectivity index (χ1) is 21.5. The molecule has 0 aliphatic carbocycles. The predicted molar refractivity (Wildman–Crippen MR) is 165 cm³/mol. The number of pyridine rings is 1. The molecule has 2 aromatic carbocycles. The average Bonchev–Trinajstić information content (AvgIpc) is 3.36. The van der Waals surface area contributed by atoms with Gasteiger partial charge in [-0.05, 0) is 45.9 Å². The van der Waals surface area contributed by atoms with Crippen molar-refractivity contribution < 1.29 is 28.2 Å². The Kier molecular flexibility index (Phi) is 9.07. The van der Waals surface area contributed by atoms with Gasteiger partial charge in [-0.3, -0.25) is 9.67 Å². The summed E-state index contributed by atoms with van der Waals surface area (Å²) in [6.45, 7) is 7.41. The minimum atomic E-state index is -1.06. The van der Waals surface area contributed by atoms with Crippen LogP contribution < -0.4 is 14.8 Å². The highest BCUT2D eigenvalue weighted by molar-refractivity contribution is 5.92. The van der Waals surface area contributed by atoms with Crippen molar-refractivity contribution in [3.8, 4) is 23.0 Å². The third-order valence-corrected chi connectivity index (χ3v) is 6.91. The van der Waals surface area contributed by atoms with Gasteiger partial charge in [0.2, 0.25) is 0 Å². The number of nitrogens with zero attached hydrogens (tertiary/aromatic N) is 6. The molecule has 0 fully saturated rings. The van der Waals surface area contributed by atoms with Crippen molar-refractivity contribution >= 4 is 28.5 Å². The van der Waals surface area contributed by atoms with Crippen LogP contribution in [0.25, 0.3) is 22.4 Å². The van der Waals surface area contributed by atoms with Crippen LogP contribution in [-0.4, -0.2) is 66.1 Å². The normalized spacial score (nSPS) is 11.4. The van der Waals surface area contributed by atoms with Gasteiger partial charge in [-0.1, -0.05) is 18.2 Å². The van der Waals surface area contributed by atoms with Crippen LogP contribution in [-0.2, 0) is 6.54 Å². The lowest BCUT2D eigenvalue weighted by atomic mass is 10.1. The number of rotatable bonds is 11. The van der Waals surface area contributed by atoms with Gasteiger partial charge >= 0.3 is 6.09 Å². The van der Waals surface area contributed by atoms with Crippen LogP contribution >= 0.6 is 0 Å². The fraction of sp³-hybridized carbons (Fsp3) is 0.281. The van der Waals surface area contributed by atoms with E-state index in [2.05, 4.69) is 20.4 Å². The lowest BCUT2D eigenvalue weighted by Gasteiger charge is -2.33. The number of amides is 1. The Bertz CT molecular complexity index is 1790. The summed E-state index contributed by atoms with van der Waals surface area (Å²) in [6.07, 6.45) is 3.66. The van der Waals surface area contributed by atoms with Gasteiger partial charge < -0.3 is 24.8 Å². The van der Waals surface area contributed by atoms with Crippen molar-refractivity contribution in [3.05, 3.63) is 84.3 Å². The highest BCUT2D eigenvalue weighted by Gasteiger charge is 2.26. The molecule has 234 valence electrons. The number of carboxylic acid groups (broad SMARTS) is 1. The molecule has 1 amide bonds. The molecule has 5 rings (SSSR count). The zero-order valence-corrected chi connectivity index (χ0v) is 25.3. The summed E-state index contributed by atoms with van der Waals surface area (Å²) in [5, 5.41) is 18.2. The molecular formula is C32H33F2N7O4. The first-order valence-electron chi connectivity index (χ1n) is 14.3. The van der Waals surface area contributed by atoms with Crippen molar-refractivity contribution in [2.45, 2.75) is 39.8 Å². The van der Waals surface area contributed by atoms with Crippen molar-refractivity contribution in [2.24, 2.45) is 0 Å². The summed E-state index contributed by atoms with van der Waals surface area (Å²) in [4.78, 5) is 26.3. The van der Waals surface area contributed by atoms with Gasteiger partial charge in [0.1, 0.15) is 29.7 Å². The van der Waals surface area contributed by atoms with Gasteiger partial charge in [0.25, 0.3) is 0 Å². The van der Waals surface area contributed by atoms with E-state index in [1.54, 1.807) is 64.4 Å². The molecule has 0 bridgehead atoms. The number of benzene rings is 2. The van der Waals surface area contributed by atoms with Gasteiger partial charge in [0.05, 0.1) is 31.4 Å². The molecular weight excluding hydrogens is 584 g/mol. The number of aromatic nitrogens is 5. The van der Waals surface area contributed by atoms with E-state index >= 15 is 0 Å². The zero-order valence-electron chi connectivity index (χ0n) is 25.3. The maximum atomic E-state index is 15.0. The van der Waals surface area contributed by atoms with Gasteiger partial charge in [-0.25, -0.2) is 23.5 Å². The Balaban J connectivity index is 1.50. The summed E-state index contributed by atoms with van der Waals surface area (Å²) >= 11 is 0. The first-order valence-corrected chi connectivity index (χ1v) is 14.3. The summed E-state index contributed by atoms with van der Waals surface area (Å²) in [5.41, 5.74) is 0.923. The minimum absolute atomic E-state index is 0.0497. The lowest BCUT2D eigenvalue weighted by molar-refractivity contribution is 0.0892. The number of halogens is 2. The molecule has 5 aromatic rings. The molecule has 0 spiro atoms. The van der Waals surface area contributed by atoms with Gasteiger partial charge in [0.15, 0.2) is 17.4 Å². The third kappa shape index (κ3) is 7.08. The predicted octanol–water partition coefficient (Wildman–Crippen LogP) is 6.51. The molecule has 13 heteroatoms. The Morgan fingerprint density at radius 1 is 1.07 bits per heavy atom. The SMILES string of the molecule is CCOc1cc(F)c(Cn2nc(-c3ncc(OCCN(C(=O)O)C(C)(C)C)c(Nc4ccncc4)n3)c3ccccc32)c(F)c1. The average molecular weight is 618 g/mol. The maximum Gasteiger partial charge on any atom is 0.407 e. The first kappa shape index (κ1) is 31.1. The summed E-state index contributed by atoms with van der Waals surface area (Å²) in [7, 11) is 0. The van der Waals surface area contributed by atoms with E-state index in [0.717, 1.165) is 12.1 Å². The largest absolute Gasteiger partial charge is 0.494 e.